The standard InChI is InChI=1S/C19H32FN3O3S/c1-19(8-9-19)21-27(25,26)15-6-7-16-17(11-15)22(2)18(24)23(16)12-13-4-3-5-14(20)10-13/h13-17,21H,3-12H2,1-2H3. The van der Waals surface area contributed by atoms with E-state index in [-0.39, 0.29) is 29.6 Å². The first-order valence-electron chi connectivity index (χ1n) is 10.4. The molecule has 0 radical (unpaired) electrons. The molecule has 27 heavy (non-hydrogen) atoms. The van der Waals surface area contributed by atoms with Crippen LogP contribution in [0, 0.1) is 5.92 Å². The summed E-state index contributed by atoms with van der Waals surface area (Å²) in [5.41, 5.74) is -0.261. The van der Waals surface area contributed by atoms with Crippen LogP contribution in [-0.4, -0.2) is 66.9 Å². The number of likely N-dealkylation sites (N-methyl/N-ethyl adjacent to an activating group) is 1. The Bertz CT molecular complexity index is 696. The molecule has 0 aromatic rings. The van der Waals surface area contributed by atoms with E-state index in [0.29, 0.717) is 38.6 Å². The molecular formula is C19H32FN3O3S. The smallest absolute Gasteiger partial charge is 0.320 e. The predicted octanol–water partition coefficient (Wildman–Crippen LogP) is 2.64. The van der Waals surface area contributed by atoms with Gasteiger partial charge in [-0.25, -0.2) is 22.3 Å². The highest BCUT2D eigenvalue weighted by Crippen LogP contribution is 2.40. The number of nitrogens with one attached hydrogen (secondary N) is 1. The fourth-order valence-corrected chi connectivity index (χ4v) is 7.20. The number of carbonyl (C=O) groups is 1. The van der Waals surface area contributed by atoms with E-state index in [2.05, 4.69) is 4.72 Å². The number of carbonyl (C=O) groups excluding carboxylic acids is 1. The van der Waals surface area contributed by atoms with Gasteiger partial charge in [0.2, 0.25) is 10.0 Å². The largest absolute Gasteiger partial charge is 0.323 e. The third kappa shape index (κ3) is 3.84. The van der Waals surface area contributed by atoms with Crippen LogP contribution in [0.3, 0.4) is 0 Å². The molecule has 4 fully saturated rings. The summed E-state index contributed by atoms with van der Waals surface area (Å²) in [6, 6.07) is -0.0267. The Morgan fingerprint density at radius 3 is 2.56 bits per heavy atom. The number of hydrogen-bond donors (Lipinski definition) is 1. The Morgan fingerprint density at radius 1 is 1.15 bits per heavy atom. The molecule has 0 aromatic carbocycles. The molecule has 5 unspecified atom stereocenters. The van der Waals surface area contributed by atoms with Crippen molar-refractivity contribution in [2.75, 3.05) is 13.6 Å². The molecule has 6 nitrogen and oxygen atoms in total. The van der Waals surface area contributed by atoms with E-state index in [0.717, 1.165) is 25.7 Å². The summed E-state index contributed by atoms with van der Waals surface area (Å²) in [6.45, 7) is 2.56. The zero-order valence-corrected chi connectivity index (χ0v) is 17.2. The van der Waals surface area contributed by atoms with Gasteiger partial charge in [-0.05, 0) is 64.2 Å². The Kier molecular flexibility index (Phi) is 4.94. The summed E-state index contributed by atoms with van der Waals surface area (Å²) >= 11 is 0. The van der Waals surface area contributed by atoms with Gasteiger partial charge < -0.3 is 9.80 Å². The van der Waals surface area contributed by atoms with E-state index in [9.17, 15) is 17.6 Å². The van der Waals surface area contributed by atoms with Gasteiger partial charge in [-0.15, -0.1) is 0 Å². The molecule has 8 heteroatoms. The second kappa shape index (κ2) is 6.87. The molecule has 0 spiro atoms. The molecule has 1 aliphatic heterocycles. The van der Waals surface area contributed by atoms with E-state index < -0.39 is 21.4 Å². The normalized spacial score (nSPS) is 38.8. The summed E-state index contributed by atoms with van der Waals surface area (Å²) in [5, 5.41) is -0.434. The number of sulfonamides is 1. The lowest BCUT2D eigenvalue weighted by Gasteiger charge is -2.37. The maximum atomic E-state index is 13.7. The summed E-state index contributed by atoms with van der Waals surface area (Å²) < 4.78 is 42.2. The van der Waals surface area contributed by atoms with Gasteiger partial charge in [-0.3, -0.25) is 0 Å². The summed E-state index contributed by atoms with van der Waals surface area (Å²) in [6.07, 6.45) is 5.88. The number of hydrogen-bond acceptors (Lipinski definition) is 3. The minimum Gasteiger partial charge on any atom is -0.323 e. The Labute approximate surface area is 161 Å². The van der Waals surface area contributed by atoms with Crippen LogP contribution in [0.25, 0.3) is 0 Å². The van der Waals surface area contributed by atoms with E-state index in [4.69, 9.17) is 0 Å². The second-order valence-electron chi connectivity index (χ2n) is 9.45. The summed E-state index contributed by atoms with van der Waals surface area (Å²) in [4.78, 5) is 16.4. The summed E-state index contributed by atoms with van der Waals surface area (Å²) in [7, 11) is -1.58. The molecule has 1 saturated heterocycles. The Balaban J connectivity index is 1.43. The first kappa shape index (κ1) is 19.4. The monoisotopic (exact) mass is 401 g/mol. The van der Waals surface area contributed by atoms with Crippen LogP contribution < -0.4 is 4.72 Å². The average Bonchev–Trinajstić information content (AvgIpc) is 3.28. The fourth-order valence-electron chi connectivity index (χ4n) is 5.24. The lowest BCUT2D eigenvalue weighted by molar-refractivity contribution is 0.136. The molecule has 2 amide bonds. The minimum absolute atomic E-state index is 0.0221. The van der Waals surface area contributed by atoms with Crippen LogP contribution in [0.2, 0.25) is 0 Å². The number of nitrogens with zero attached hydrogens (tertiary/aromatic N) is 2. The highest BCUT2D eigenvalue weighted by molar-refractivity contribution is 7.90. The van der Waals surface area contributed by atoms with Crippen LogP contribution in [0.1, 0.15) is 64.7 Å². The van der Waals surface area contributed by atoms with Crippen molar-refractivity contribution >= 4 is 16.1 Å². The lowest BCUT2D eigenvalue weighted by Crippen LogP contribution is -2.50. The van der Waals surface area contributed by atoms with Gasteiger partial charge in [0.25, 0.3) is 0 Å². The van der Waals surface area contributed by atoms with Crippen molar-refractivity contribution in [1.29, 1.82) is 0 Å². The van der Waals surface area contributed by atoms with Gasteiger partial charge in [-0.1, -0.05) is 6.42 Å². The van der Waals surface area contributed by atoms with Gasteiger partial charge >= 0.3 is 6.03 Å². The van der Waals surface area contributed by atoms with Crippen molar-refractivity contribution in [3.63, 3.8) is 0 Å². The van der Waals surface area contributed by atoms with Gasteiger partial charge in [0.05, 0.1) is 17.3 Å². The topological polar surface area (TPSA) is 69.7 Å². The van der Waals surface area contributed by atoms with E-state index >= 15 is 0 Å². The van der Waals surface area contributed by atoms with Crippen molar-refractivity contribution in [3.8, 4) is 0 Å². The van der Waals surface area contributed by atoms with Crippen LogP contribution in [-0.2, 0) is 10.0 Å². The number of halogens is 1. The maximum absolute atomic E-state index is 13.7. The third-order valence-electron chi connectivity index (χ3n) is 7.18. The van der Waals surface area contributed by atoms with Gasteiger partial charge in [0.1, 0.15) is 6.17 Å². The number of fused-ring (bicyclic) bond motifs is 1. The highest BCUT2D eigenvalue weighted by atomic mass is 32.2. The van der Waals surface area contributed by atoms with Crippen molar-refractivity contribution in [2.24, 2.45) is 5.92 Å². The molecule has 3 aliphatic carbocycles. The second-order valence-corrected chi connectivity index (χ2v) is 11.4. The molecule has 3 saturated carbocycles. The van der Waals surface area contributed by atoms with Crippen LogP contribution in [0.5, 0.6) is 0 Å². The number of alkyl halides is 1. The molecule has 5 atom stereocenters. The van der Waals surface area contributed by atoms with Crippen molar-refractivity contribution in [1.82, 2.24) is 14.5 Å². The third-order valence-corrected chi connectivity index (χ3v) is 9.26. The average molecular weight is 402 g/mol. The summed E-state index contributed by atoms with van der Waals surface area (Å²) in [5.74, 6) is 0.225. The number of urea groups is 1. The minimum atomic E-state index is -3.37. The van der Waals surface area contributed by atoms with E-state index in [1.54, 1.807) is 11.9 Å². The van der Waals surface area contributed by atoms with E-state index in [1.807, 2.05) is 11.8 Å². The van der Waals surface area contributed by atoms with Gasteiger partial charge in [0, 0.05) is 19.1 Å². The first-order valence-corrected chi connectivity index (χ1v) is 11.9. The Hall–Kier alpha value is -0.890. The first-order chi connectivity index (χ1) is 12.7. The number of rotatable bonds is 5. The molecule has 0 aromatic heterocycles. The molecule has 154 valence electrons. The molecule has 1 N–H and O–H groups in total. The zero-order chi connectivity index (χ0) is 19.4. The molecule has 4 aliphatic rings. The SMILES string of the molecule is CN1C(=O)N(CC2CCCC(F)C2)C2CCC(S(=O)(=O)NC3(C)CC3)CC21. The molecule has 1 heterocycles. The van der Waals surface area contributed by atoms with Crippen LogP contribution in [0.4, 0.5) is 9.18 Å². The Morgan fingerprint density at radius 2 is 1.89 bits per heavy atom. The van der Waals surface area contributed by atoms with Crippen LogP contribution in [0.15, 0.2) is 0 Å². The fraction of sp³-hybridized carbons (Fsp3) is 0.947. The van der Waals surface area contributed by atoms with Crippen LogP contribution >= 0.6 is 0 Å². The zero-order valence-electron chi connectivity index (χ0n) is 16.4. The maximum Gasteiger partial charge on any atom is 0.320 e. The number of amides is 2. The molecule has 4 rings (SSSR count). The van der Waals surface area contributed by atoms with E-state index in [1.165, 1.54) is 0 Å². The van der Waals surface area contributed by atoms with Crippen molar-refractivity contribution in [2.45, 2.75) is 93.8 Å². The van der Waals surface area contributed by atoms with Crippen molar-refractivity contribution in [3.05, 3.63) is 0 Å². The lowest BCUT2D eigenvalue weighted by atomic mass is 9.86. The van der Waals surface area contributed by atoms with Gasteiger partial charge in [0.15, 0.2) is 0 Å². The molecular weight excluding hydrogens is 369 g/mol. The predicted molar refractivity (Wildman–Crippen MR) is 102 cm³/mol. The molecule has 0 bridgehead atoms. The van der Waals surface area contributed by atoms with Crippen molar-refractivity contribution < 1.29 is 17.6 Å². The van der Waals surface area contributed by atoms with Gasteiger partial charge in [-0.2, -0.15) is 0 Å². The quantitative estimate of drug-likeness (QED) is 0.770. The highest BCUT2D eigenvalue weighted by Gasteiger charge is 2.51.